The average molecular weight is 370 g/mol. The summed E-state index contributed by atoms with van der Waals surface area (Å²) in [6.45, 7) is 2.71. The molecule has 0 aliphatic rings. The zero-order valence-corrected chi connectivity index (χ0v) is 15.6. The topological polar surface area (TPSA) is 72.2 Å². The van der Waals surface area contributed by atoms with Crippen molar-refractivity contribution in [3.05, 3.63) is 51.6 Å². The van der Waals surface area contributed by atoms with Gasteiger partial charge in [-0.1, -0.05) is 62.9 Å². The van der Waals surface area contributed by atoms with E-state index in [4.69, 9.17) is 0 Å². The molecule has 0 saturated heterocycles. The minimum absolute atomic E-state index is 0.0434. The molecule has 3 aromatic rings. The van der Waals surface area contributed by atoms with E-state index in [1.807, 2.05) is 30.3 Å². The lowest BCUT2D eigenvalue weighted by molar-refractivity contribution is 0.0699. The maximum absolute atomic E-state index is 13.1. The van der Waals surface area contributed by atoms with E-state index < -0.39 is 5.97 Å². The van der Waals surface area contributed by atoms with Crippen LogP contribution in [0.25, 0.3) is 21.6 Å². The van der Waals surface area contributed by atoms with Crippen LogP contribution in [0.4, 0.5) is 0 Å². The summed E-state index contributed by atoms with van der Waals surface area (Å²) < 4.78 is 1.64. The second kappa shape index (κ2) is 8.27. The third kappa shape index (κ3) is 3.70. The fourth-order valence-corrected chi connectivity index (χ4v) is 3.97. The zero-order chi connectivity index (χ0) is 18.5. The summed E-state index contributed by atoms with van der Waals surface area (Å²) in [5.74, 6) is -0.477. The summed E-state index contributed by atoms with van der Waals surface area (Å²) in [6.07, 6.45) is 5.41. The van der Waals surface area contributed by atoms with Gasteiger partial charge >= 0.3 is 5.97 Å². The minimum atomic E-state index is -1.09. The smallest absolute Gasteiger partial charge is 0.337 e. The standard InChI is InChI=1S/C20H22N2O3S/c1-2-3-4-5-9-12-22-17(14-10-7-6-8-11-14)21-18-16(19(22)23)15(13-26-18)20(24)25/h6-8,10-11,13H,2-5,9,12H2,1H3,(H,24,25). The van der Waals surface area contributed by atoms with E-state index in [0.29, 0.717) is 17.2 Å². The van der Waals surface area contributed by atoms with Crippen LogP contribution in [0.5, 0.6) is 0 Å². The molecule has 0 bridgehead atoms. The minimum Gasteiger partial charge on any atom is -0.478 e. The van der Waals surface area contributed by atoms with Crippen LogP contribution in [0.2, 0.25) is 0 Å². The van der Waals surface area contributed by atoms with E-state index in [9.17, 15) is 14.7 Å². The molecule has 0 aliphatic carbocycles. The van der Waals surface area contributed by atoms with Crippen molar-refractivity contribution in [2.24, 2.45) is 0 Å². The number of carbonyl (C=O) groups is 1. The Balaban J connectivity index is 2.07. The summed E-state index contributed by atoms with van der Waals surface area (Å²) in [6, 6.07) is 9.59. The molecule has 0 aliphatic heterocycles. The number of fused-ring (bicyclic) bond motifs is 1. The van der Waals surface area contributed by atoms with Gasteiger partial charge in [0.25, 0.3) is 5.56 Å². The highest BCUT2D eigenvalue weighted by Gasteiger charge is 2.20. The molecule has 6 heteroatoms. The fourth-order valence-electron chi connectivity index (χ4n) is 3.07. The Hall–Kier alpha value is -2.47. The SMILES string of the molecule is CCCCCCCn1c(-c2ccccc2)nc2scc(C(=O)O)c2c1=O. The van der Waals surface area contributed by atoms with Gasteiger partial charge in [-0.25, -0.2) is 9.78 Å². The van der Waals surface area contributed by atoms with Crippen molar-refractivity contribution in [3.63, 3.8) is 0 Å². The van der Waals surface area contributed by atoms with Crippen molar-refractivity contribution in [3.8, 4) is 11.4 Å². The maximum Gasteiger partial charge on any atom is 0.337 e. The average Bonchev–Trinajstić information content (AvgIpc) is 3.08. The normalized spacial score (nSPS) is 11.1. The van der Waals surface area contributed by atoms with Crippen LogP contribution in [-0.4, -0.2) is 20.6 Å². The molecule has 3 rings (SSSR count). The van der Waals surface area contributed by atoms with Gasteiger partial charge < -0.3 is 5.11 Å². The van der Waals surface area contributed by atoms with Crippen LogP contribution in [0.15, 0.2) is 40.5 Å². The lowest BCUT2D eigenvalue weighted by Crippen LogP contribution is -2.24. The van der Waals surface area contributed by atoms with Gasteiger partial charge in [-0.05, 0) is 6.42 Å². The summed E-state index contributed by atoms with van der Waals surface area (Å²) >= 11 is 1.20. The highest BCUT2D eigenvalue weighted by atomic mass is 32.1. The van der Waals surface area contributed by atoms with E-state index in [1.54, 1.807) is 4.57 Å². The molecule has 1 N–H and O–H groups in total. The summed E-state index contributed by atoms with van der Waals surface area (Å²) in [4.78, 5) is 29.7. The molecule has 136 valence electrons. The lowest BCUT2D eigenvalue weighted by atomic mass is 10.1. The van der Waals surface area contributed by atoms with E-state index in [-0.39, 0.29) is 16.5 Å². The molecule has 0 atom stereocenters. The molecule has 26 heavy (non-hydrogen) atoms. The van der Waals surface area contributed by atoms with Crippen molar-refractivity contribution in [2.75, 3.05) is 0 Å². The second-order valence-electron chi connectivity index (χ2n) is 6.31. The van der Waals surface area contributed by atoms with Crippen LogP contribution in [0, 0.1) is 0 Å². The number of hydrogen-bond donors (Lipinski definition) is 1. The fraction of sp³-hybridized carbons (Fsp3) is 0.350. The number of benzene rings is 1. The predicted molar refractivity (Wildman–Crippen MR) is 105 cm³/mol. The zero-order valence-electron chi connectivity index (χ0n) is 14.8. The van der Waals surface area contributed by atoms with Gasteiger partial charge in [0.05, 0.1) is 10.9 Å². The van der Waals surface area contributed by atoms with Crippen LogP contribution in [0.3, 0.4) is 0 Å². The number of aromatic nitrogens is 2. The van der Waals surface area contributed by atoms with Crippen LogP contribution in [-0.2, 0) is 6.54 Å². The second-order valence-corrected chi connectivity index (χ2v) is 7.17. The van der Waals surface area contributed by atoms with Gasteiger partial charge in [-0.2, -0.15) is 0 Å². The molecule has 0 radical (unpaired) electrons. The summed E-state index contributed by atoms with van der Waals surface area (Å²) in [5.41, 5.74) is 0.648. The first-order valence-corrected chi connectivity index (χ1v) is 9.82. The molecular formula is C20H22N2O3S. The van der Waals surface area contributed by atoms with Crippen LogP contribution in [0.1, 0.15) is 49.4 Å². The highest BCUT2D eigenvalue weighted by Crippen LogP contribution is 2.25. The van der Waals surface area contributed by atoms with Crippen molar-refractivity contribution < 1.29 is 9.90 Å². The number of nitrogens with zero attached hydrogens (tertiary/aromatic N) is 2. The molecular weight excluding hydrogens is 348 g/mol. The van der Waals surface area contributed by atoms with Gasteiger partial charge in [0.15, 0.2) is 0 Å². The Kier molecular flexibility index (Phi) is 5.83. The van der Waals surface area contributed by atoms with Crippen molar-refractivity contribution >= 4 is 27.5 Å². The number of aromatic carboxylic acids is 1. The third-order valence-electron chi connectivity index (χ3n) is 4.44. The van der Waals surface area contributed by atoms with Gasteiger partial charge in [-0.3, -0.25) is 9.36 Å². The lowest BCUT2D eigenvalue weighted by Gasteiger charge is -2.13. The largest absolute Gasteiger partial charge is 0.478 e. The van der Waals surface area contributed by atoms with Crippen molar-refractivity contribution in [1.29, 1.82) is 0 Å². The highest BCUT2D eigenvalue weighted by molar-refractivity contribution is 7.17. The Bertz CT molecular complexity index is 960. The molecule has 5 nitrogen and oxygen atoms in total. The van der Waals surface area contributed by atoms with E-state index in [2.05, 4.69) is 11.9 Å². The number of carboxylic acids is 1. The Labute approximate surface area is 155 Å². The number of carboxylic acid groups (broad SMARTS) is 1. The molecule has 0 saturated carbocycles. The molecule has 0 unspecified atom stereocenters. The molecule has 0 fully saturated rings. The molecule has 2 heterocycles. The third-order valence-corrected chi connectivity index (χ3v) is 5.31. The first kappa shape index (κ1) is 18.3. The Morgan fingerprint density at radius 3 is 2.58 bits per heavy atom. The number of unbranched alkanes of at least 4 members (excludes halogenated alkanes) is 4. The molecule has 0 spiro atoms. The van der Waals surface area contributed by atoms with Crippen LogP contribution >= 0.6 is 11.3 Å². The van der Waals surface area contributed by atoms with Gasteiger partial charge in [0.1, 0.15) is 10.7 Å². The van der Waals surface area contributed by atoms with Gasteiger partial charge in [-0.15, -0.1) is 11.3 Å². The monoisotopic (exact) mass is 370 g/mol. The molecule has 2 aromatic heterocycles. The van der Waals surface area contributed by atoms with E-state index >= 15 is 0 Å². The number of rotatable bonds is 8. The summed E-state index contributed by atoms with van der Waals surface area (Å²) in [5, 5.41) is 11.1. The number of hydrogen-bond acceptors (Lipinski definition) is 4. The van der Waals surface area contributed by atoms with Crippen LogP contribution < -0.4 is 5.56 Å². The molecule has 1 aromatic carbocycles. The van der Waals surface area contributed by atoms with E-state index in [0.717, 1.165) is 24.8 Å². The number of thiophene rings is 1. The molecule has 0 amide bonds. The van der Waals surface area contributed by atoms with Crippen molar-refractivity contribution in [1.82, 2.24) is 9.55 Å². The van der Waals surface area contributed by atoms with Crippen molar-refractivity contribution in [2.45, 2.75) is 45.6 Å². The van der Waals surface area contributed by atoms with E-state index in [1.165, 1.54) is 29.6 Å². The quantitative estimate of drug-likeness (QED) is 0.579. The maximum atomic E-state index is 13.1. The first-order valence-electron chi connectivity index (χ1n) is 8.94. The Morgan fingerprint density at radius 2 is 1.88 bits per heavy atom. The first-order chi connectivity index (χ1) is 12.6. The van der Waals surface area contributed by atoms with Gasteiger partial charge in [0.2, 0.25) is 0 Å². The van der Waals surface area contributed by atoms with Gasteiger partial charge in [0, 0.05) is 17.5 Å². The summed E-state index contributed by atoms with van der Waals surface area (Å²) in [7, 11) is 0. The Morgan fingerprint density at radius 1 is 1.15 bits per heavy atom. The predicted octanol–water partition coefficient (Wildman–Crippen LogP) is 4.79.